The number of carbonyl (C=O) groups excluding carboxylic acids is 1. The Balaban J connectivity index is 2.39. The van der Waals surface area contributed by atoms with E-state index >= 15 is 0 Å². The van der Waals surface area contributed by atoms with E-state index in [4.69, 9.17) is 4.84 Å². The third kappa shape index (κ3) is 2.69. The van der Waals surface area contributed by atoms with Crippen molar-refractivity contribution >= 4 is 28.1 Å². The van der Waals surface area contributed by atoms with Crippen LogP contribution in [0.5, 0.6) is 0 Å². The summed E-state index contributed by atoms with van der Waals surface area (Å²) in [5, 5.41) is 7.45. The van der Waals surface area contributed by atoms with Crippen LogP contribution in [0.25, 0.3) is 0 Å². The van der Waals surface area contributed by atoms with Crippen LogP contribution in [0.1, 0.15) is 37.8 Å². The average Bonchev–Trinajstić information content (AvgIpc) is 2.57. The summed E-state index contributed by atoms with van der Waals surface area (Å²) in [5.41, 5.74) is 2.03. The zero-order chi connectivity index (χ0) is 13.3. The standard InChI is InChI=1S/C12H17N3O2S/c1-7(16)13-11-14-8-5-12(2,3)6-9(15-17-4)10(8)18-11/h5-6H2,1-4H3,(H,13,14,16). The number of rotatable bonds is 2. The molecule has 0 spiro atoms. The maximum Gasteiger partial charge on any atom is 0.223 e. The number of nitrogens with zero attached hydrogens (tertiary/aromatic N) is 2. The van der Waals surface area contributed by atoms with Gasteiger partial charge in [0.1, 0.15) is 7.11 Å². The molecular weight excluding hydrogens is 250 g/mol. The van der Waals surface area contributed by atoms with Crippen molar-refractivity contribution in [1.82, 2.24) is 4.98 Å². The number of nitrogens with one attached hydrogen (secondary N) is 1. The highest BCUT2D eigenvalue weighted by Crippen LogP contribution is 2.38. The van der Waals surface area contributed by atoms with E-state index in [1.165, 1.54) is 18.3 Å². The number of hydrogen-bond donors (Lipinski definition) is 1. The smallest absolute Gasteiger partial charge is 0.223 e. The van der Waals surface area contributed by atoms with Gasteiger partial charge in [0.2, 0.25) is 5.91 Å². The van der Waals surface area contributed by atoms with Gasteiger partial charge in [-0.2, -0.15) is 0 Å². The normalized spacial score (nSPS) is 19.4. The van der Waals surface area contributed by atoms with Crippen molar-refractivity contribution in [3.05, 3.63) is 10.6 Å². The monoisotopic (exact) mass is 267 g/mol. The van der Waals surface area contributed by atoms with Crippen LogP contribution in [0.3, 0.4) is 0 Å². The molecule has 0 fully saturated rings. The summed E-state index contributed by atoms with van der Waals surface area (Å²) < 4.78 is 0. The molecule has 0 aromatic carbocycles. The van der Waals surface area contributed by atoms with Crippen molar-refractivity contribution in [2.24, 2.45) is 10.6 Å². The highest BCUT2D eigenvalue weighted by atomic mass is 32.1. The predicted octanol–water partition coefficient (Wildman–Crippen LogP) is 2.42. The number of anilines is 1. The highest BCUT2D eigenvalue weighted by Gasteiger charge is 2.33. The number of oxime groups is 1. The van der Waals surface area contributed by atoms with Crippen LogP contribution in [0.4, 0.5) is 5.13 Å². The van der Waals surface area contributed by atoms with Gasteiger partial charge in [0.15, 0.2) is 5.13 Å². The van der Waals surface area contributed by atoms with Crippen molar-refractivity contribution in [3.8, 4) is 0 Å². The van der Waals surface area contributed by atoms with E-state index in [-0.39, 0.29) is 11.3 Å². The van der Waals surface area contributed by atoms with Gasteiger partial charge in [-0.15, -0.1) is 0 Å². The summed E-state index contributed by atoms with van der Waals surface area (Å²) in [6, 6.07) is 0. The van der Waals surface area contributed by atoms with Gasteiger partial charge >= 0.3 is 0 Å². The van der Waals surface area contributed by atoms with Crippen molar-refractivity contribution in [2.45, 2.75) is 33.6 Å². The molecule has 0 atom stereocenters. The van der Waals surface area contributed by atoms with E-state index in [0.29, 0.717) is 5.13 Å². The molecule has 1 N–H and O–H groups in total. The predicted molar refractivity (Wildman–Crippen MR) is 72.1 cm³/mol. The van der Waals surface area contributed by atoms with Crippen molar-refractivity contribution in [1.29, 1.82) is 0 Å². The number of thiazole rings is 1. The van der Waals surface area contributed by atoms with Crippen LogP contribution < -0.4 is 5.32 Å². The Hall–Kier alpha value is -1.43. The van der Waals surface area contributed by atoms with Crippen LogP contribution in [0.15, 0.2) is 5.16 Å². The Morgan fingerprint density at radius 1 is 1.50 bits per heavy atom. The average molecular weight is 267 g/mol. The van der Waals surface area contributed by atoms with Gasteiger partial charge in [0, 0.05) is 6.92 Å². The molecule has 0 saturated heterocycles. The van der Waals surface area contributed by atoms with E-state index in [1.54, 1.807) is 7.11 Å². The van der Waals surface area contributed by atoms with E-state index in [0.717, 1.165) is 29.1 Å². The first kappa shape index (κ1) is 13.0. The second kappa shape index (κ2) is 4.68. The topological polar surface area (TPSA) is 63.6 Å². The molecule has 0 unspecified atom stereocenters. The van der Waals surface area contributed by atoms with E-state index < -0.39 is 0 Å². The molecule has 98 valence electrons. The summed E-state index contributed by atoms with van der Waals surface area (Å²) in [7, 11) is 1.55. The van der Waals surface area contributed by atoms with E-state index in [2.05, 4.69) is 29.3 Å². The van der Waals surface area contributed by atoms with Gasteiger partial charge in [0.25, 0.3) is 0 Å². The molecule has 1 aromatic rings. The molecule has 0 aliphatic heterocycles. The maximum absolute atomic E-state index is 11.1. The lowest BCUT2D eigenvalue weighted by molar-refractivity contribution is -0.114. The number of carbonyl (C=O) groups is 1. The number of hydrogen-bond acceptors (Lipinski definition) is 5. The lowest BCUT2D eigenvalue weighted by Gasteiger charge is -2.28. The third-order valence-electron chi connectivity index (χ3n) is 2.74. The summed E-state index contributed by atoms with van der Waals surface area (Å²) in [4.78, 5) is 21.5. The van der Waals surface area contributed by atoms with Crippen LogP contribution in [0.2, 0.25) is 0 Å². The quantitative estimate of drug-likeness (QED) is 0.837. The largest absolute Gasteiger partial charge is 0.399 e. The van der Waals surface area contributed by atoms with E-state index in [9.17, 15) is 4.79 Å². The summed E-state index contributed by atoms with van der Waals surface area (Å²) in [5.74, 6) is -0.106. The third-order valence-corrected chi connectivity index (χ3v) is 3.80. The van der Waals surface area contributed by atoms with E-state index in [1.807, 2.05) is 0 Å². The van der Waals surface area contributed by atoms with Crippen LogP contribution >= 0.6 is 11.3 Å². The molecule has 1 aromatic heterocycles. The van der Waals surface area contributed by atoms with Crippen molar-refractivity contribution in [3.63, 3.8) is 0 Å². The Morgan fingerprint density at radius 3 is 2.83 bits per heavy atom. The second-order valence-electron chi connectivity index (χ2n) is 5.21. The molecule has 0 radical (unpaired) electrons. The maximum atomic E-state index is 11.1. The Kier molecular flexibility index (Phi) is 3.38. The second-order valence-corrected chi connectivity index (χ2v) is 6.21. The molecule has 0 saturated carbocycles. The summed E-state index contributed by atoms with van der Waals surface area (Å²) >= 11 is 1.46. The molecule has 6 heteroatoms. The fourth-order valence-electron chi connectivity index (χ4n) is 2.13. The molecule has 1 aliphatic rings. The molecule has 1 amide bonds. The molecule has 2 rings (SSSR count). The van der Waals surface area contributed by atoms with Crippen LogP contribution in [-0.4, -0.2) is 23.7 Å². The summed E-state index contributed by atoms with van der Waals surface area (Å²) in [6.45, 7) is 5.84. The number of fused-ring (bicyclic) bond motifs is 1. The minimum atomic E-state index is -0.106. The van der Waals surface area contributed by atoms with Gasteiger partial charge in [-0.05, 0) is 18.3 Å². The van der Waals surface area contributed by atoms with Gasteiger partial charge in [-0.1, -0.05) is 30.3 Å². The SMILES string of the molecule is CON=C1CC(C)(C)Cc2nc(NC(C)=O)sc21. The Labute approximate surface area is 110 Å². The molecular formula is C12H17N3O2S. The van der Waals surface area contributed by atoms with Crippen LogP contribution in [-0.2, 0) is 16.1 Å². The Morgan fingerprint density at radius 2 is 2.22 bits per heavy atom. The number of aromatic nitrogens is 1. The molecule has 1 aliphatic carbocycles. The van der Waals surface area contributed by atoms with Gasteiger partial charge < -0.3 is 10.2 Å². The van der Waals surface area contributed by atoms with Crippen molar-refractivity contribution in [2.75, 3.05) is 12.4 Å². The first-order chi connectivity index (χ1) is 8.41. The molecule has 5 nitrogen and oxygen atoms in total. The first-order valence-corrected chi connectivity index (χ1v) is 6.60. The lowest BCUT2D eigenvalue weighted by Crippen LogP contribution is -2.26. The zero-order valence-corrected chi connectivity index (χ0v) is 11.8. The lowest BCUT2D eigenvalue weighted by atomic mass is 9.78. The van der Waals surface area contributed by atoms with Crippen LogP contribution in [0, 0.1) is 5.41 Å². The van der Waals surface area contributed by atoms with Gasteiger partial charge in [-0.25, -0.2) is 4.98 Å². The minimum absolute atomic E-state index is 0.106. The number of amides is 1. The molecule has 0 bridgehead atoms. The highest BCUT2D eigenvalue weighted by molar-refractivity contribution is 7.17. The van der Waals surface area contributed by atoms with Crippen molar-refractivity contribution < 1.29 is 9.63 Å². The first-order valence-electron chi connectivity index (χ1n) is 5.79. The molecule has 18 heavy (non-hydrogen) atoms. The fourth-order valence-corrected chi connectivity index (χ4v) is 3.14. The summed E-state index contributed by atoms with van der Waals surface area (Å²) in [6.07, 6.45) is 1.75. The zero-order valence-electron chi connectivity index (χ0n) is 11.0. The van der Waals surface area contributed by atoms with Gasteiger partial charge in [0.05, 0.1) is 16.3 Å². The Bertz CT molecular complexity index is 505. The minimum Gasteiger partial charge on any atom is -0.399 e. The van der Waals surface area contributed by atoms with Gasteiger partial charge in [-0.3, -0.25) is 4.79 Å². The molecule has 1 heterocycles. The fraction of sp³-hybridized carbons (Fsp3) is 0.583.